The number of benzene rings is 1. The lowest BCUT2D eigenvalue weighted by molar-refractivity contribution is 0.174. The lowest BCUT2D eigenvalue weighted by Crippen LogP contribution is -2.26. The smallest absolute Gasteiger partial charge is 0.231 e. The van der Waals surface area contributed by atoms with Gasteiger partial charge in [-0.25, -0.2) is 0 Å². The van der Waals surface area contributed by atoms with Gasteiger partial charge in [0.1, 0.15) is 12.4 Å². The minimum Gasteiger partial charge on any atom is -0.489 e. The van der Waals surface area contributed by atoms with Crippen LogP contribution in [0.1, 0.15) is 13.8 Å². The van der Waals surface area contributed by atoms with Crippen LogP contribution in [-0.4, -0.2) is 26.0 Å². The molecule has 0 aromatic heterocycles. The Balaban J connectivity index is 1.81. The molecule has 4 heteroatoms. The Morgan fingerprint density at radius 2 is 2.17 bits per heavy atom. The fraction of sp³-hybridized carbons (Fsp3) is 0.429. The van der Waals surface area contributed by atoms with Crippen molar-refractivity contribution in [1.29, 1.82) is 0 Å². The molecule has 2 rings (SSSR count). The van der Waals surface area contributed by atoms with E-state index in [0.717, 1.165) is 29.4 Å². The summed E-state index contributed by atoms with van der Waals surface area (Å²) < 4.78 is 16.2. The topological polar surface area (TPSA) is 39.7 Å². The lowest BCUT2D eigenvalue weighted by atomic mass is 10.3. The molecule has 0 radical (unpaired) electrons. The minimum atomic E-state index is 0.282. The number of hydrogen-bond donors (Lipinski definition) is 1. The molecule has 1 aliphatic heterocycles. The number of hydrogen-bond acceptors (Lipinski definition) is 4. The third-order valence-corrected chi connectivity index (χ3v) is 2.55. The fourth-order valence-electron chi connectivity index (χ4n) is 1.55. The van der Waals surface area contributed by atoms with Gasteiger partial charge in [0.05, 0.1) is 0 Å². The number of rotatable bonds is 6. The number of fused-ring (bicyclic) bond motifs is 1. The second kappa shape index (κ2) is 5.78. The SMILES string of the molecule is C=C(CNC(C)C)COc1ccc2c(c1)OCO2. The first-order valence-electron chi connectivity index (χ1n) is 6.07. The number of ether oxygens (including phenoxy) is 3. The van der Waals surface area contributed by atoms with E-state index >= 15 is 0 Å². The van der Waals surface area contributed by atoms with E-state index in [-0.39, 0.29) is 6.79 Å². The Morgan fingerprint density at radius 1 is 1.39 bits per heavy atom. The van der Waals surface area contributed by atoms with Crippen LogP contribution < -0.4 is 19.5 Å². The molecule has 0 saturated carbocycles. The maximum absolute atomic E-state index is 5.65. The first-order valence-corrected chi connectivity index (χ1v) is 6.07. The molecule has 4 nitrogen and oxygen atoms in total. The predicted octanol–water partition coefficient (Wildman–Crippen LogP) is 2.35. The average Bonchev–Trinajstić information content (AvgIpc) is 2.81. The highest BCUT2D eigenvalue weighted by molar-refractivity contribution is 5.46. The summed E-state index contributed by atoms with van der Waals surface area (Å²) in [5, 5.41) is 3.30. The van der Waals surface area contributed by atoms with E-state index in [2.05, 4.69) is 25.7 Å². The van der Waals surface area contributed by atoms with E-state index in [1.165, 1.54) is 0 Å². The molecular weight excluding hydrogens is 230 g/mol. The van der Waals surface area contributed by atoms with Gasteiger partial charge in [-0.1, -0.05) is 20.4 Å². The van der Waals surface area contributed by atoms with Crippen LogP contribution in [0.5, 0.6) is 17.2 Å². The summed E-state index contributed by atoms with van der Waals surface area (Å²) in [5.41, 5.74) is 1.02. The van der Waals surface area contributed by atoms with Gasteiger partial charge in [0.2, 0.25) is 6.79 Å². The third kappa shape index (κ3) is 3.40. The third-order valence-electron chi connectivity index (χ3n) is 2.55. The van der Waals surface area contributed by atoms with Gasteiger partial charge in [-0.15, -0.1) is 0 Å². The van der Waals surface area contributed by atoms with E-state index in [1.54, 1.807) is 0 Å². The van der Waals surface area contributed by atoms with Gasteiger partial charge in [-0.05, 0) is 17.7 Å². The van der Waals surface area contributed by atoms with E-state index in [0.29, 0.717) is 12.6 Å². The molecule has 0 saturated heterocycles. The normalized spacial score (nSPS) is 12.8. The fourth-order valence-corrected chi connectivity index (χ4v) is 1.55. The molecule has 0 fully saturated rings. The molecule has 1 aromatic carbocycles. The summed E-state index contributed by atoms with van der Waals surface area (Å²) in [6.07, 6.45) is 0. The summed E-state index contributed by atoms with van der Waals surface area (Å²) in [7, 11) is 0. The Labute approximate surface area is 108 Å². The van der Waals surface area contributed by atoms with Crippen LogP contribution in [0.4, 0.5) is 0 Å². The van der Waals surface area contributed by atoms with Gasteiger partial charge in [0, 0.05) is 18.7 Å². The van der Waals surface area contributed by atoms with Crippen molar-refractivity contribution >= 4 is 0 Å². The van der Waals surface area contributed by atoms with Crippen LogP contribution in [0, 0.1) is 0 Å². The largest absolute Gasteiger partial charge is 0.489 e. The molecule has 0 amide bonds. The molecule has 1 aromatic rings. The van der Waals surface area contributed by atoms with Crippen LogP contribution in [-0.2, 0) is 0 Å². The molecule has 1 aliphatic rings. The highest BCUT2D eigenvalue weighted by Crippen LogP contribution is 2.35. The van der Waals surface area contributed by atoms with E-state index in [1.807, 2.05) is 18.2 Å². The molecule has 1 N–H and O–H groups in total. The van der Waals surface area contributed by atoms with Gasteiger partial charge < -0.3 is 19.5 Å². The van der Waals surface area contributed by atoms with Gasteiger partial charge in [0.15, 0.2) is 11.5 Å². The molecule has 0 unspecified atom stereocenters. The maximum atomic E-state index is 5.65. The lowest BCUT2D eigenvalue weighted by Gasteiger charge is -2.12. The van der Waals surface area contributed by atoms with Crippen molar-refractivity contribution in [1.82, 2.24) is 5.32 Å². The maximum Gasteiger partial charge on any atom is 0.231 e. The van der Waals surface area contributed by atoms with Gasteiger partial charge in [0.25, 0.3) is 0 Å². The minimum absolute atomic E-state index is 0.282. The molecule has 98 valence electrons. The Bertz CT molecular complexity index is 429. The van der Waals surface area contributed by atoms with Gasteiger partial charge in [-0.2, -0.15) is 0 Å². The quantitative estimate of drug-likeness (QED) is 0.786. The first-order chi connectivity index (χ1) is 8.65. The zero-order valence-electron chi connectivity index (χ0n) is 10.9. The van der Waals surface area contributed by atoms with Crippen molar-refractivity contribution in [3.05, 3.63) is 30.4 Å². The zero-order valence-corrected chi connectivity index (χ0v) is 10.9. The highest BCUT2D eigenvalue weighted by atomic mass is 16.7. The highest BCUT2D eigenvalue weighted by Gasteiger charge is 2.13. The van der Waals surface area contributed by atoms with E-state index < -0.39 is 0 Å². The first kappa shape index (κ1) is 12.8. The van der Waals surface area contributed by atoms with Crippen molar-refractivity contribution < 1.29 is 14.2 Å². The Hall–Kier alpha value is -1.68. The van der Waals surface area contributed by atoms with Crippen LogP contribution in [0.25, 0.3) is 0 Å². The van der Waals surface area contributed by atoms with Crippen LogP contribution in [0.2, 0.25) is 0 Å². The molecule has 18 heavy (non-hydrogen) atoms. The zero-order chi connectivity index (χ0) is 13.0. The van der Waals surface area contributed by atoms with Crippen LogP contribution in [0.3, 0.4) is 0 Å². The van der Waals surface area contributed by atoms with E-state index in [9.17, 15) is 0 Å². The second-order valence-corrected chi connectivity index (χ2v) is 4.59. The van der Waals surface area contributed by atoms with Gasteiger partial charge >= 0.3 is 0 Å². The number of nitrogens with one attached hydrogen (secondary N) is 1. The molecule has 0 spiro atoms. The molecular formula is C14H19NO3. The Morgan fingerprint density at radius 3 is 2.94 bits per heavy atom. The standard InChI is InChI=1S/C14H19NO3/c1-10(2)15-7-11(3)8-16-12-4-5-13-14(6-12)18-9-17-13/h4-6,10,15H,3,7-9H2,1-2H3. The average molecular weight is 249 g/mol. The van der Waals surface area contributed by atoms with Crippen molar-refractivity contribution in [2.75, 3.05) is 19.9 Å². The summed E-state index contributed by atoms with van der Waals surface area (Å²) in [6.45, 7) is 9.72. The monoisotopic (exact) mass is 249 g/mol. The summed E-state index contributed by atoms with van der Waals surface area (Å²) in [6, 6.07) is 6.02. The van der Waals surface area contributed by atoms with Crippen molar-refractivity contribution in [2.24, 2.45) is 0 Å². The Kier molecular flexibility index (Phi) is 4.10. The molecule has 0 aliphatic carbocycles. The predicted molar refractivity (Wildman–Crippen MR) is 70.3 cm³/mol. The molecule has 0 atom stereocenters. The van der Waals surface area contributed by atoms with Crippen LogP contribution in [0.15, 0.2) is 30.4 Å². The summed E-state index contributed by atoms with van der Waals surface area (Å²) in [5.74, 6) is 2.27. The molecule has 0 bridgehead atoms. The summed E-state index contributed by atoms with van der Waals surface area (Å²) >= 11 is 0. The molecule has 1 heterocycles. The summed E-state index contributed by atoms with van der Waals surface area (Å²) in [4.78, 5) is 0. The van der Waals surface area contributed by atoms with Crippen molar-refractivity contribution in [3.63, 3.8) is 0 Å². The van der Waals surface area contributed by atoms with Crippen molar-refractivity contribution in [2.45, 2.75) is 19.9 Å². The van der Waals surface area contributed by atoms with Gasteiger partial charge in [-0.3, -0.25) is 0 Å². The van der Waals surface area contributed by atoms with E-state index in [4.69, 9.17) is 14.2 Å². The second-order valence-electron chi connectivity index (χ2n) is 4.59. The van der Waals surface area contributed by atoms with Crippen LogP contribution >= 0.6 is 0 Å². The van der Waals surface area contributed by atoms with Crippen molar-refractivity contribution in [3.8, 4) is 17.2 Å².